The van der Waals surface area contributed by atoms with Gasteiger partial charge in [0.2, 0.25) is 0 Å². The molecule has 0 bridgehead atoms. The van der Waals surface area contributed by atoms with Crippen LogP contribution in [0.15, 0.2) is 30.3 Å². The van der Waals surface area contributed by atoms with E-state index in [1.54, 1.807) is 21.3 Å². The van der Waals surface area contributed by atoms with Crippen LogP contribution in [0.25, 0.3) is 0 Å². The van der Waals surface area contributed by atoms with E-state index >= 15 is 0 Å². The standard InChI is InChI=1S/C20H25NO4/c1-5-25-16-7-6-14(11-17(16)22-2)20-15-12-19(24-4)18(23-3)10-13(15)8-9-21-20/h6-7,10-12,20-21H,5,8-9H2,1-4H3/p+1. The van der Waals surface area contributed by atoms with Crippen LogP contribution in [0.3, 0.4) is 0 Å². The van der Waals surface area contributed by atoms with Crippen LogP contribution in [0, 0.1) is 0 Å². The molecule has 2 N–H and O–H groups in total. The molecular formula is C20H26NO4+. The molecule has 1 unspecified atom stereocenters. The number of fused-ring (bicyclic) bond motifs is 1. The minimum atomic E-state index is 0.202. The second-order valence-corrected chi connectivity index (χ2v) is 6.00. The molecule has 1 atom stereocenters. The molecular weight excluding hydrogens is 318 g/mol. The van der Waals surface area contributed by atoms with Crippen LogP contribution in [0.5, 0.6) is 23.0 Å². The molecule has 3 rings (SSSR count). The third-order valence-electron chi connectivity index (χ3n) is 4.64. The molecule has 5 nitrogen and oxygen atoms in total. The van der Waals surface area contributed by atoms with E-state index in [0.29, 0.717) is 6.61 Å². The first-order valence-corrected chi connectivity index (χ1v) is 8.60. The van der Waals surface area contributed by atoms with Crippen molar-refractivity contribution in [3.8, 4) is 23.0 Å². The molecule has 0 saturated heterocycles. The van der Waals surface area contributed by atoms with Gasteiger partial charge in [0.15, 0.2) is 23.0 Å². The first-order chi connectivity index (χ1) is 12.2. The van der Waals surface area contributed by atoms with Crippen LogP contribution in [0.2, 0.25) is 0 Å². The van der Waals surface area contributed by atoms with Gasteiger partial charge >= 0.3 is 0 Å². The zero-order valence-corrected chi connectivity index (χ0v) is 15.3. The molecule has 134 valence electrons. The van der Waals surface area contributed by atoms with Crippen molar-refractivity contribution < 1.29 is 24.3 Å². The number of methoxy groups -OCH3 is 3. The van der Waals surface area contributed by atoms with E-state index in [2.05, 4.69) is 29.6 Å². The van der Waals surface area contributed by atoms with Crippen LogP contribution in [-0.4, -0.2) is 34.5 Å². The summed E-state index contributed by atoms with van der Waals surface area (Å²) in [6.45, 7) is 3.62. The second-order valence-electron chi connectivity index (χ2n) is 6.00. The Balaban J connectivity index is 2.03. The number of nitrogens with two attached hydrogens (primary N) is 1. The summed E-state index contributed by atoms with van der Waals surface area (Å²) in [5.41, 5.74) is 3.75. The van der Waals surface area contributed by atoms with E-state index in [4.69, 9.17) is 18.9 Å². The van der Waals surface area contributed by atoms with Crippen LogP contribution in [0.4, 0.5) is 0 Å². The third kappa shape index (κ3) is 3.37. The SMILES string of the molecule is CCOc1ccc(C2[NH2+]CCc3cc(OC)c(OC)cc32)cc1OC. The highest BCUT2D eigenvalue weighted by molar-refractivity contribution is 5.52. The van der Waals surface area contributed by atoms with Crippen molar-refractivity contribution in [2.45, 2.75) is 19.4 Å². The number of rotatable bonds is 6. The molecule has 25 heavy (non-hydrogen) atoms. The van der Waals surface area contributed by atoms with E-state index in [9.17, 15) is 0 Å². The van der Waals surface area contributed by atoms with E-state index in [0.717, 1.165) is 36.0 Å². The van der Waals surface area contributed by atoms with Gasteiger partial charge < -0.3 is 24.3 Å². The van der Waals surface area contributed by atoms with Gasteiger partial charge in [0.1, 0.15) is 6.04 Å². The number of benzene rings is 2. The van der Waals surface area contributed by atoms with Crippen molar-refractivity contribution in [3.63, 3.8) is 0 Å². The second kappa shape index (κ2) is 7.66. The summed E-state index contributed by atoms with van der Waals surface area (Å²) in [5.74, 6) is 3.09. The quantitative estimate of drug-likeness (QED) is 0.874. The van der Waals surface area contributed by atoms with Crippen molar-refractivity contribution in [1.82, 2.24) is 0 Å². The molecule has 0 spiro atoms. The highest BCUT2D eigenvalue weighted by Gasteiger charge is 2.28. The minimum Gasteiger partial charge on any atom is -0.493 e. The molecule has 0 aromatic heterocycles. The lowest BCUT2D eigenvalue weighted by atomic mass is 9.89. The lowest BCUT2D eigenvalue weighted by Gasteiger charge is -2.26. The van der Waals surface area contributed by atoms with Gasteiger partial charge in [-0.15, -0.1) is 0 Å². The maximum atomic E-state index is 5.63. The summed E-state index contributed by atoms with van der Waals surface area (Å²) < 4.78 is 22.1. The van der Waals surface area contributed by atoms with Crippen LogP contribution >= 0.6 is 0 Å². The third-order valence-corrected chi connectivity index (χ3v) is 4.64. The van der Waals surface area contributed by atoms with Gasteiger partial charge in [0.05, 0.1) is 34.5 Å². The maximum absolute atomic E-state index is 5.63. The first kappa shape index (κ1) is 17.4. The Hall–Kier alpha value is -2.40. The number of quaternary nitrogens is 1. The highest BCUT2D eigenvalue weighted by Crippen LogP contribution is 2.37. The van der Waals surface area contributed by atoms with E-state index in [1.165, 1.54) is 16.7 Å². The van der Waals surface area contributed by atoms with Gasteiger partial charge in [-0.05, 0) is 42.8 Å². The summed E-state index contributed by atoms with van der Waals surface area (Å²) >= 11 is 0. The Morgan fingerprint density at radius 3 is 2.28 bits per heavy atom. The van der Waals surface area contributed by atoms with Gasteiger partial charge in [-0.2, -0.15) is 0 Å². The lowest BCUT2D eigenvalue weighted by Crippen LogP contribution is -2.87. The molecule has 1 heterocycles. The van der Waals surface area contributed by atoms with Crippen molar-refractivity contribution in [1.29, 1.82) is 0 Å². The van der Waals surface area contributed by atoms with Gasteiger partial charge in [-0.25, -0.2) is 0 Å². The van der Waals surface area contributed by atoms with Gasteiger partial charge in [-0.1, -0.05) is 0 Å². The Kier molecular flexibility index (Phi) is 5.34. The Morgan fingerprint density at radius 2 is 1.60 bits per heavy atom. The fourth-order valence-corrected chi connectivity index (χ4v) is 3.44. The predicted molar refractivity (Wildman–Crippen MR) is 96.0 cm³/mol. The lowest BCUT2D eigenvalue weighted by molar-refractivity contribution is -0.690. The molecule has 0 radical (unpaired) electrons. The highest BCUT2D eigenvalue weighted by atomic mass is 16.5. The Morgan fingerprint density at radius 1 is 0.920 bits per heavy atom. The normalized spacial score (nSPS) is 16.1. The van der Waals surface area contributed by atoms with Crippen molar-refractivity contribution >= 4 is 0 Å². The molecule has 0 amide bonds. The maximum Gasteiger partial charge on any atom is 0.161 e. The fourth-order valence-electron chi connectivity index (χ4n) is 3.44. The Labute approximate surface area is 148 Å². The van der Waals surface area contributed by atoms with E-state index in [-0.39, 0.29) is 6.04 Å². The summed E-state index contributed by atoms with van der Waals surface area (Å²) in [6, 6.07) is 10.6. The van der Waals surface area contributed by atoms with Crippen LogP contribution in [0.1, 0.15) is 29.7 Å². The zero-order valence-electron chi connectivity index (χ0n) is 15.3. The van der Waals surface area contributed by atoms with E-state index in [1.807, 2.05) is 13.0 Å². The van der Waals surface area contributed by atoms with Crippen molar-refractivity contribution in [2.24, 2.45) is 0 Å². The average Bonchev–Trinajstić information content (AvgIpc) is 2.66. The largest absolute Gasteiger partial charge is 0.493 e. The summed E-state index contributed by atoms with van der Waals surface area (Å²) in [5, 5.41) is 2.35. The van der Waals surface area contributed by atoms with Crippen LogP contribution < -0.4 is 24.3 Å². The average molecular weight is 344 g/mol. The van der Waals surface area contributed by atoms with Gasteiger partial charge in [0.25, 0.3) is 0 Å². The molecule has 5 heteroatoms. The number of hydrogen-bond acceptors (Lipinski definition) is 4. The fraction of sp³-hybridized carbons (Fsp3) is 0.400. The number of hydrogen-bond donors (Lipinski definition) is 1. The van der Waals surface area contributed by atoms with E-state index < -0.39 is 0 Å². The van der Waals surface area contributed by atoms with Crippen LogP contribution in [-0.2, 0) is 6.42 Å². The molecule has 1 aliphatic heterocycles. The molecule has 0 aliphatic carbocycles. The monoisotopic (exact) mass is 344 g/mol. The molecule has 1 aliphatic rings. The van der Waals surface area contributed by atoms with Gasteiger partial charge in [-0.3, -0.25) is 0 Å². The zero-order chi connectivity index (χ0) is 17.8. The summed E-state index contributed by atoms with van der Waals surface area (Å²) in [7, 11) is 5.02. The number of ether oxygens (including phenoxy) is 4. The molecule has 2 aromatic rings. The van der Waals surface area contributed by atoms with Crippen molar-refractivity contribution in [2.75, 3.05) is 34.5 Å². The molecule has 0 saturated carbocycles. The predicted octanol–water partition coefficient (Wildman–Crippen LogP) is 2.32. The topological polar surface area (TPSA) is 53.5 Å². The summed E-state index contributed by atoms with van der Waals surface area (Å²) in [4.78, 5) is 0. The molecule has 0 fully saturated rings. The molecule has 2 aromatic carbocycles. The van der Waals surface area contributed by atoms with Crippen molar-refractivity contribution in [3.05, 3.63) is 47.0 Å². The Bertz CT molecular complexity index is 745. The smallest absolute Gasteiger partial charge is 0.161 e. The minimum absolute atomic E-state index is 0.202. The van der Waals surface area contributed by atoms with Gasteiger partial charge in [0, 0.05) is 17.5 Å². The summed E-state index contributed by atoms with van der Waals surface area (Å²) in [6.07, 6.45) is 1.01. The first-order valence-electron chi connectivity index (χ1n) is 8.60.